The summed E-state index contributed by atoms with van der Waals surface area (Å²) in [6.45, 7) is 1.79. The normalized spacial score (nSPS) is 10.6. The summed E-state index contributed by atoms with van der Waals surface area (Å²) in [5, 5.41) is 3.88. The zero-order valence-corrected chi connectivity index (χ0v) is 18.6. The van der Waals surface area contributed by atoms with Crippen LogP contribution in [0.15, 0.2) is 78.9 Å². The summed E-state index contributed by atoms with van der Waals surface area (Å²) < 4.78 is 11.0. The number of carbonyl (C=O) groups excluding carboxylic acids is 2. The van der Waals surface area contributed by atoms with Crippen LogP contribution in [0.1, 0.15) is 17.3 Å². The Morgan fingerprint density at radius 1 is 0.970 bits per heavy atom. The van der Waals surface area contributed by atoms with Gasteiger partial charge in [-0.05, 0) is 43.3 Å². The first-order chi connectivity index (χ1) is 16.0. The van der Waals surface area contributed by atoms with Gasteiger partial charge in [0.15, 0.2) is 6.61 Å². The van der Waals surface area contributed by atoms with Crippen molar-refractivity contribution in [3.8, 4) is 17.0 Å². The molecule has 0 radical (unpaired) electrons. The van der Waals surface area contributed by atoms with Gasteiger partial charge in [0.05, 0.1) is 23.4 Å². The number of hydrogen-bond acceptors (Lipinski definition) is 5. The SMILES string of the molecule is CCOC(=O)c1ccc2nc(-c3ccccc3)cc(OCC(=O)Nc3cccc(Cl)c3)c2c1. The molecule has 0 unspecified atom stereocenters. The van der Waals surface area contributed by atoms with Crippen LogP contribution in [0.3, 0.4) is 0 Å². The zero-order chi connectivity index (χ0) is 23.2. The van der Waals surface area contributed by atoms with Gasteiger partial charge in [-0.25, -0.2) is 9.78 Å². The highest BCUT2D eigenvalue weighted by atomic mass is 35.5. The molecule has 1 aromatic heterocycles. The van der Waals surface area contributed by atoms with Crippen LogP contribution in [0.2, 0.25) is 5.02 Å². The molecule has 0 atom stereocenters. The lowest BCUT2D eigenvalue weighted by Crippen LogP contribution is -2.20. The van der Waals surface area contributed by atoms with E-state index in [1.807, 2.05) is 30.3 Å². The molecular weight excluding hydrogens is 440 g/mol. The number of nitrogens with one attached hydrogen (secondary N) is 1. The van der Waals surface area contributed by atoms with Crippen LogP contribution in [0.5, 0.6) is 5.75 Å². The van der Waals surface area contributed by atoms with E-state index in [0.29, 0.717) is 38.6 Å². The quantitative estimate of drug-likeness (QED) is 0.355. The van der Waals surface area contributed by atoms with E-state index in [2.05, 4.69) is 5.32 Å². The molecule has 0 saturated carbocycles. The highest BCUT2D eigenvalue weighted by Gasteiger charge is 2.14. The van der Waals surface area contributed by atoms with Crippen LogP contribution in [0.4, 0.5) is 5.69 Å². The van der Waals surface area contributed by atoms with Gasteiger partial charge < -0.3 is 14.8 Å². The second-order valence-electron chi connectivity index (χ2n) is 7.17. The van der Waals surface area contributed by atoms with Gasteiger partial charge in [-0.3, -0.25) is 4.79 Å². The Hall–Kier alpha value is -3.90. The summed E-state index contributed by atoms with van der Waals surface area (Å²) in [6.07, 6.45) is 0. The fourth-order valence-electron chi connectivity index (χ4n) is 3.32. The van der Waals surface area contributed by atoms with Gasteiger partial charge in [-0.1, -0.05) is 48.0 Å². The maximum absolute atomic E-state index is 12.5. The Kier molecular flexibility index (Phi) is 6.86. The molecule has 3 aromatic carbocycles. The lowest BCUT2D eigenvalue weighted by molar-refractivity contribution is -0.118. The predicted molar refractivity (Wildman–Crippen MR) is 129 cm³/mol. The van der Waals surface area contributed by atoms with E-state index in [4.69, 9.17) is 26.1 Å². The van der Waals surface area contributed by atoms with E-state index in [1.165, 1.54) is 0 Å². The average Bonchev–Trinajstić information content (AvgIpc) is 2.83. The highest BCUT2D eigenvalue weighted by molar-refractivity contribution is 6.30. The molecule has 1 heterocycles. The van der Waals surface area contributed by atoms with Crippen molar-refractivity contribution in [2.45, 2.75) is 6.92 Å². The minimum atomic E-state index is -0.434. The number of anilines is 1. The Labute approximate surface area is 196 Å². The molecule has 0 aliphatic carbocycles. The summed E-state index contributed by atoms with van der Waals surface area (Å²) in [6, 6.07) is 23.4. The zero-order valence-electron chi connectivity index (χ0n) is 17.9. The van der Waals surface area contributed by atoms with Crippen LogP contribution in [0, 0.1) is 0 Å². The first kappa shape index (κ1) is 22.3. The van der Waals surface area contributed by atoms with Crippen molar-refractivity contribution in [2.24, 2.45) is 0 Å². The van der Waals surface area contributed by atoms with Crippen molar-refractivity contribution in [3.05, 3.63) is 89.4 Å². The van der Waals surface area contributed by atoms with Gasteiger partial charge in [0.1, 0.15) is 5.75 Å². The first-order valence-electron chi connectivity index (χ1n) is 10.4. The van der Waals surface area contributed by atoms with E-state index in [9.17, 15) is 9.59 Å². The predicted octanol–water partition coefficient (Wildman–Crippen LogP) is 5.75. The Morgan fingerprint density at radius 2 is 1.79 bits per heavy atom. The van der Waals surface area contributed by atoms with Crippen LogP contribution >= 0.6 is 11.6 Å². The molecule has 0 fully saturated rings. The molecular formula is C26H21ClN2O4. The van der Waals surface area contributed by atoms with Crippen molar-refractivity contribution in [1.29, 1.82) is 0 Å². The number of hydrogen-bond donors (Lipinski definition) is 1. The van der Waals surface area contributed by atoms with E-state index in [-0.39, 0.29) is 19.1 Å². The van der Waals surface area contributed by atoms with Gasteiger partial charge in [-0.15, -0.1) is 0 Å². The van der Waals surface area contributed by atoms with Crippen LogP contribution in [-0.4, -0.2) is 30.1 Å². The molecule has 166 valence electrons. The number of pyridine rings is 1. The number of amides is 1. The second kappa shape index (κ2) is 10.1. The average molecular weight is 461 g/mol. The molecule has 6 nitrogen and oxygen atoms in total. The van der Waals surface area contributed by atoms with Crippen LogP contribution < -0.4 is 10.1 Å². The monoisotopic (exact) mass is 460 g/mol. The number of halogens is 1. The summed E-state index contributed by atoms with van der Waals surface area (Å²) in [7, 11) is 0. The molecule has 33 heavy (non-hydrogen) atoms. The highest BCUT2D eigenvalue weighted by Crippen LogP contribution is 2.31. The summed E-state index contributed by atoms with van der Waals surface area (Å²) in [5.74, 6) is -0.340. The lowest BCUT2D eigenvalue weighted by atomic mass is 10.1. The van der Waals surface area contributed by atoms with Gasteiger partial charge in [0.2, 0.25) is 0 Å². The minimum absolute atomic E-state index is 0.233. The van der Waals surface area contributed by atoms with Crippen LogP contribution in [0.25, 0.3) is 22.2 Å². The van der Waals surface area contributed by atoms with E-state index in [0.717, 1.165) is 5.56 Å². The fourth-order valence-corrected chi connectivity index (χ4v) is 3.51. The molecule has 4 aromatic rings. The van der Waals surface area contributed by atoms with Crippen molar-refractivity contribution in [1.82, 2.24) is 4.98 Å². The third-order valence-corrected chi connectivity index (χ3v) is 5.05. The summed E-state index contributed by atoms with van der Waals surface area (Å²) in [4.78, 5) is 29.4. The Balaban J connectivity index is 1.66. The second-order valence-corrected chi connectivity index (χ2v) is 7.61. The van der Waals surface area contributed by atoms with Gasteiger partial charge in [0, 0.05) is 27.7 Å². The van der Waals surface area contributed by atoms with E-state index in [1.54, 1.807) is 55.5 Å². The number of nitrogens with zero attached hydrogens (tertiary/aromatic N) is 1. The standard InChI is InChI=1S/C26H21ClN2O4/c1-2-32-26(31)18-11-12-22-21(13-18)24(15-23(29-22)17-7-4-3-5-8-17)33-16-25(30)28-20-10-6-9-19(27)14-20/h3-15H,2,16H2,1H3,(H,28,30). The molecule has 7 heteroatoms. The maximum atomic E-state index is 12.5. The van der Waals surface area contributed by atoms with Crippen LogP contribution in [-0.2, 0) is 9.53 Å². The fraction of sp³-hybridized carbons (Fsp3) is 0.115. The molecule has 0 saturated heterocycles. The topological polar surface area (TPSA) is 77.5 Å². The molecule has 0 aliphatic rings. The molecule has 0 spiro atoms. The number of fused-ring (bicyclic) bond motifs is 1. The first-order valence-corrected chi connectivity index (χ1v) is 10.8. The number of aromatic nitrogens is 1. The molecule has 4 rings (SSSR count). The number of esters is 1. The third-order valence-electron chi connectivity index (χ3n) is 4.82. The number of carbonyl (C=O) groups is 2. The van der Waals surface area contributed by atoms with Crippen molar-refractivity contribution >= 4 is 40.1 Å². The van der Waals surface area contributed by atoms with E-state index >= 15 is 0 Å². The summed E-state index contributed by atoms with van der Waals surface area (Å²) >= 11 is 5.98. The number of rotatable bonds is 7. The van der Waals surface area contributed by atoms with Gasteiger partial charge >= 0.3 is 5.97 Å². The third kappa shape index (κ3) is 5.48. The van der Waals surface area contributed by atoms with Crippen molar-refractivity contribution in [2.75, 3.05) is 18.5 Å². The Morgan fingerprint density at radius 3 is 2.55 bits per heavy atom. The molecule has 0 bridgehead atoms. The smallest absolute Gasteiger partial charge is 0.338 e. The molecule has 1 N–H and O–H groups in total. The number of ether oxygens (including phenoxy) is 2. The summed E-state index contributed by atoms with van der Waals surface area (Å²) in [5.41, 5.74) is 3.19. The maximum Gasteiger partial charge on any atom is 0.338 e. The number of benzene rings is 3. The van der Waals surface area contributed by atoms with E-state index < -0.39 is 5.97 Å². The van der Waals surface area contributed by atoms with Gasteiger partial charge in [0.25, 0.3) is 5.91 Å². The lowest BCUT2D eigenvalue weighted by Gasteiger charge is -2.13. The molecule has 1 amide bonds. The largest absolute Gasteiger partial charge is 0.483 e. The Bertz CT molecular complexity index is 1310. The van der Waals surface area contributed by atoms with Gasteiger partial charge in [-0.2, -0.15) is 0 Å². The van der Waals surface area contributed by atoms with Crippen molar-refractivity contribution in [3.63, 3.8) is 0 Å². The minimum Gasteiger partial charge on any atom is -0.483 e. The van der Waals surface area contributed by atoms with Crippen molar-refractivity contribution < 1.29 is 19.1 Å². The molecule has 0 aliphatic heterocycles.